The molecule has 1 heterocycles. The van der Waals surface area contributed by atoms with Gasteiger partial charge in [-0.25, -0.2) is 4.79 Å². The molecule has 0 aromatic heterocycles. The average Bonchev–Trinajstić information content (AvgIpc) is 2.76. The van der Waals surface area contributed by atoms with Crippen molar-refractivity contribution in [1.29, 1.82) is 0 Å². The fourth-order valence-electron chi connectivity index (χ4n) is 3.08. The van der Waals surface area contributed by atoms with Crippen LogP contribution in [0.3, 0.4) is 0 Å². The summed E-state index contributed by atoms with van der Waals surface area (Å²) in [7, 11) is 0. The van der Waals surface area contributed by atoms with Crippen molar-refractivity contribution >= 4 is 17.6 Å². The molecule has 3 aromatic carbocycles. The van der Waals surface area contributed by atoms with E-state index in [1.165, 1.54) is 0 Å². The molecule has 0 bridgehead atoms. The number of carbonyl (C=O) groups is 1. The maximum Gasteiger partial charge on any atom is 0.342 e. The maximum absolute atomic E-state index is 12.7. The van der Waals surface area contributed by atoms with E-state index in [-0.39, 0.29) is 13.4 Å². The lowest BCUT2D eigenvalue weighted by Crippen LogP contribution is -2.14. The SMILES string of the molecule is O=C(OCc1cc(Cl)cc2c1OCOC2)c1ccccc1OCc1ccccc1. The van der Waals surface area contributed by atoms with Crippen molar-refractivity contribution in [3.05, 3.63) is 94.0 Å². The second-order valence-electron chi connectivity index (χ2n) is 6.51. The van der Waals surface area contributed by atoms with Gasteiger partial charge >= 0.3 is 5.97 Å². The smallest absolute Gasteiger partial charge is 0.342 e. The lowest BCUT2D eigenvalue weighted by molar-refractivity contribution is -0.0180. The summed E-state index contributed by atoms with van der Waals surface area (Å²) < 4.78 is 22.2. The highest BCUT2D eigenvalue weighted by molar-refractivity contribution is 6.30. The van der Waals surface area contributed by atoms with Crippen LogP contribution in [-0.4, -0.2) is 12.8 Å². The number of carbonyl (C=O) groups excluding carboxylic acids is 1. The first-order chi connectivity index (χ1) is 14.2. The third-order valence-electron chi connectivity index (χ3n) is 4.45. The van der Waals surface area contributed by atoms with Gasteiger partial charge in [-0.15, -0.1) is 0 Å². The molecule has 0 unspecified atom stereocenters. The van der Waals surface area contributed by atoms with Crippen molar-refractivity contribution in [2.24, 2.45) is 0 Å². The highest BCUT2D eigenvalue weighted by Gasteiger charge is 2.19. The molecular formula is C23H19ClO5. The molecule has 0 saturated heterocycles. The highest BCUT2D eigenvalue weighted by Crippen LogP contribution is 2.32. The Labute approximate surface area is 173 Å². The molecule has 0 spiro atoms. The first kappa shape index (κ1) is 19.3. The van der Waals surface area contributed by atoms with Gasteiger partial charge in [-0.3, -0.25) is 0 Å². The van der Waals surface area contributed by atoms with E-state index in [1.807, 2.05) is 36.4 Å². The largest absolute Gasteiger partial charge is 0.488 e. The standard InChI is InChI=1S/C23H19ClO5/c24-19-10-17-13-26-15-29-22(17)18(11-19)14-28-23(25)20-8-4-5-9-21(20)27-12-16-6-2-1-3-7-16/h1-11H,12-15H2. The van der Waals surface area contributed by atoms with Gasteiger partial charge in [0.25, 0.3) is 0 Å². The number of benzene rings is 3. The van der Waals surface area contributed by atoms with Crippen LogP contribution >= 0.6 is 11.6 Å². The van der Waals surface area contributed by atoms with E-state index in [1.54, 1.807) is 30.3 Å². The number of para-hydroxylation sites is 1. The minimum atomic E-state index is -0.477. The Kier molecular flexibility index (Phi) is 5.98. The van der Waals surface area contributed by atoms with Crippen LogP contribution in [0, 0.1) is 0 Å². The zero-order valence-electron chi connectivity index (χ0n) is 15.6. The summed E-state index contributed by atoms with van der Waals surface area (Å²) in [4.78, 5) is 12.7. The third kappa shape index (κ3) is 4.70. The Morgan fingerprint density at radius 3 is 2.66 bits per heavy atom. The minimum Gasteiger partial charge on any atom is -0.488 e. The van der Waals surface area contributed by atoms with Crippen LogP contribution in [0.15, 0.2) is 66.7 Å². The predicted octanol–water partition coefficient (Wildman–Crippen LogP) is 5.14. The number of esters is 1. The van der Waals surface area contributed by atoms with E-state index in [9.17, 15) is 4.79 Å². The van der Waals surface area contributed by atoms with E-state index in [0.717, 1.165) is 11.1 Å². The first-order valence-electron chi connectivity index (χ1n) is 9.15. The second-order valence-corrected chi connectivity index (χ2v) is 6.95. The molecule has 0 aliphatic carbocycles. The Bertz CT molecular complexity index is 1000. The molecule has 0 amide bonds. The summed E-state index contributed by atoms with van der Waals surface area (Å²) in [5.41, 5.74) is 2.91. The highest BCUT2D eigenvalue weighted by atomic mass is 35.5. The molecule has 0 N–H and O–H groups in total. The van der Waals surface area contributed by atoms with Crippen molar-refractivity contribution in [2.75, 3.05) is 6.79 Å². The van der Waals surface area contributed by atoms with Gasteiger partial charge in [-0.05, 0) is 29.8 Å². The number of halogens is 1. The van der Waals surface area contributed by atoms with E-state index in [0.29, 0.717) is 40.9 Å². The predicted molar refractivity (Wildman–Crippen MR) is 108 cm³/mol. The van der Waals surface area contributed by atoms with Gasteiger partial charge in [-0.2, -0.15) is 0 Å². The van der Waals surface area contributed by atoms with Crippen LogP contribution in [0.25, 0.3) is 0 Å². The molecule has 3 aromatic rings. The van der Waals surface area contributed by atoms with Gasteiger partial charge in [0.1, 0.15) is 30.3 Å². The van der Waals surface area contributed by atoms with Gasteiger partial charge < -0.3 is 18.9 Å². The second kappa shape index (κ2) is 8.99. The van der Waals surface area contributed by atoms with Crippen molar-refractivity contribution in [3.63, 3.8) is 0 Å². The zero-order valence-corrected chi connectivity index (χ0v) is 16.4. The molecule has 1 aliphatic heterocycles. The number of fused-ring (bicyclic) bond motifs is 1. The number of hydrogen-bond donors (Lipinski definition) is 0. The Morgan fingerprint density at radius 1 is 1.00 bits per heavy atom. The Hall–Kier alpha value is -3.02. The number of ether oxygens (including phenoxy) is 4. The van der Waals surface area contributed by atoms with E-state index < -0.39 is 5.97 Å². The molecule has 0 atom stereocenters. The van der Waals surface area contributed by atoms with E-state index in [4.69, 9.17) is 30.5 Å². The summed E-state index contributed by atoms with van der Waals surface area (Å²) >= 11 is 6.17. The molecule has 6 heteroatoms. The molecule has 148 valence electrons. The number of hydrogen-bond acceptors (Lipinski definition) is 5. The van der Waals surface area contributed by atoms with Crippen molar-refractivity contribution in [2.45, 2.75) is 19.8 Å². The molecule has 5 nitrogen and oxygen atoms in total. The molecule has 0 radical (unpaired) electrons. The van der Waals surface area contributed by atoms with Crippen molar-refractivity contribution < 1.29 is 23.7 Å². The van der Waals surface area contributed by atoms with Crippen LogP contribution < -0.4 is 9.47 Å². The van der Waals surface area contributed by atoms with E-state index >= 15 is 0 Å². The van der Waals surface area contributed by atoms with Crippen LogP contribution in [0.1, 0.15) is 27.0 Å². The lowest BCUT2D eigenvalue weighted by Gasteiger charge is -2.21. The topological polar surface area (TPSA) is 54.0 Å². The Balaban J connectivity index is 1.46. The van der Waals surface area contributed by atoms with Crippen LogP contribution in [0.5, 0.6) is 11.5 Å². The van der Waals surface area contributed by atoms with Gasteiger partial charge in [-0.1, -0.05) is 54.1 Å². The van der Waals surface area contributed by atoms with Crippen LogP contribution in [0.2, 0.25) is 5.02 Å². The zero-order chi connectivity index (χ0) is 20.1. The number of rotatable bonds is 6. The van der Waals surface area contributed by atoms with Gasteiger partial charge in [0, 0.05) is 16.1 Å². The molecule has 29 heavy (non-hydrogen) atoms. The fourth-order valence-corrected chi connectivity index (χ4v) is 3.34. The molecule has 1 aliphatic rings. The lowest BCUT2D eigenvalue weighted by atomic mass is 10.1. The normalized spacial score (nSPS) is 12.6. The van der Waals surface area contributed by atoms with Gasteiger partial charge in [0.05, 0.1) is 6.61 Å². The monoisotopic (exact) mass is 410 g/mol. The fraction of sp³-hybridized carbons (Fsp3) is 0.174. The summed E-state index contributed by atoms with van der Waals surface area (Å²) in [6, 6.07) is 20.3. The third-order valence-corrected chi connectivity index (χ3v) is 4.67. The molecule has 4 rings (SSSR count). The summed E-state index contributed by atoms with van der Waals surface area (Å²) in [6.45, 7) is 0.967. The summed E-state index contributed by atoms with van der Waals surface area (Å²) in [5.74, 6) is 0.649. The van der Waals surface area contributed by atoms with Crippen molar-refractivity contribution in [3.8, 4) is 11.5 Å². The average molecular weight is 411 g/mol. The van der Waals surface area contributed by atoms with Crippen LogP contribution in [-0.2, 0) is 29.3 Å². The summed E-state index contributed by atoms with van der Waals surface area (Å²) in [5, 5.41) is 0.537. The van der Waals surface area contributed by atoms with Gasteiger partial charge in [0.15, 0.2) is 6.79 Å². The van der Waals surface area contributed by atoms with E-state index in [2.05, 4.69) is 0 Å². The quantitative estimate of drug-likeness (QED) is 0.526. The van der Waals surface area contributed by atoms with Crippen molar-refractivity contribution in [1.82, 2.24) is 0 Å². The molecular weight excluding hydrogens is 392 g/mol. The van der Waals surface area contributed by atoms with Crippen LogP contribution in [0.4, 0.5) is 0 Å². The minimum absolute atomic E-state index is 0.0365. The molecule has 0 saturated carbocycles. The first-order valence-corrected chi connectivity index (χ1v) is 9.53. The van der Waals surface area contributed by atoms with Gasteiger partial charge in [0.2, 0.25) is 0 Å². The molecule has 0 fully saturated rings. The maximum atomic E-state index is 12.7. The Morgan fingerprint density at radius 2 is 1.79 bits per heavy atom. The summed E-state index contributed by atoms with van der Waals surface area (Å²) in [6.07, 6.45) is 0.